The summed E-state index contributed by atoms with van der Waals surface area (Å²) in [5, 5.41) is 9.15. The molecule has 2 fully saturated rings. The van der Waals surface area contributed by atoms with E-state index in [2.05, 4.69) is 31.1 Å². The zero-order valence-electron chi connectivity index (χ0n) is 20.6. The van der Waals surface area contributed by atoms with E-state index in [-0.39, 0.29) is 22.4 Å². The van der Waals surface area contributed by atoms with E-state index in [9.17, 15) is 14.0 Å². The number of aromatic amines is 2. The molecule has 5 aromatic rings. The average molecular weight is 509 g/mol. The van der Waals surface area contributed by atoms with Gasteiger partial charge in [0.2, 0.25) is 0 Å². The number of halogens is 1. The van der Waals surface area contributed by atoms with Crippen LogP contribution in [-0.2, 0) is 13.0 Å². The topological polar surface area (TPSA) is 98.0 Å². The van der Waals surface area contributed by atoms with Gasteiger partial charge in [-0.25, -0.2) is 14.5 Å². The second kappa shape index (κ2) is 8.59. The van der Waals surface area contributed by atoms with Gasteiger partial charge in [0.1, 0.15) is 11.5 Å². The number of nitrogens with zero attached hydrogens (tertiary/aromatic N) is 4. The van der Waals surface area contributed by atoms with Crippen molar-refractivity contribution in [2.75, 3.05) is 26.2 Å². The molecular weight excluding hydrogens is 483 g/mol. The lowest BCUT2D eigenvalue weighted by molar-refractivity contribution is -0.102. The molecule has 0 unspecified atom stereocenters. The number of pyridine rings is 1. The van der Waals surface area contributed by atoms with Gasteiger partial charge >= 0.3 is 0 Å². The number of aromatic nitrogens is 4. The van der Waals surface area contributed by atoms with Crippen LogP contribution in [0.5, 0.6) is 0 Å². The number of fused-ring (bicyclic) bond motifs is 2. The molecule has 0 radical (unpaired) electrons. The number of carbonyl (C=O) groups excluding carboxylic acids is 1. The molecule has 2 aromatic carbocycles. The van der Waals surface area contributed by atoms with Gasteiger partial charge < -0.3 is 9.88 Å². The van der Waals surface area contributed by atoms with Crippen molar-refractivity contribution in [3.63, 3.8) is 0 Å². The van der Waals surface area contributed by atoms with Gasteiger partial charge in [-0.05, 0) is 42.0 Å². The summed E-state index contributed by atoms with van der Waals surface area (Å²) in [6, 6.07) is 18.0. The minimum absolute atomic E-state index is 0.0767. The standard InChI is InChI=1S/C29H25FN6O2/c30-24-8-7-18(11-25-21-5-1-2-6-22(21)27(37)34-33-25)10-23(24)28(38)36-16-29(17-36)14-35(15-29)13-20-12-19-4-3-9-31-26(19)32-20/h1-10,12H,11,13-17H2,(H,31,32)(H,34,37). The van der Waals surface area contributed by atoms with Crippen LogP contribution in [0.3, 0.4) is 0 Å². The Morgan fingerprint density at radius 1 is 1.00 bits per heavy atom. The Hall–Kier alpha value is -4.37. The van der Waals surface area contributed by atoms with E-state index in [4.69, 9.17) is 0 Å². The minimum atomic E-state index is -0.526. The van der Waals surface area contributed by atoms with Crippen molar-refractivity contribution in [2.24, 2.45) is 5.41 Å². The molecule has 190 valence electrons. The van der Waals surface area contributed by atoms with Gasteiger partial charge in [0, 0.05) is 67.2 Å². The third-order valence-electron chi connectivity index (χ3n) is 7.71. The van der Waals surface area contributed by atoms with E-state index in [1.807, 2.05) is 24.3 Å². The van der Waals surface area contributed by atoms with Crippen LogP contribution in [0.2, 0.25) is 0 Å². The van der Waals surface area contributed by atoms with Crippen molar-refractivity contribution in [1.29, 1.82) is 0 Å². The third kappa shape index (κ3) is 3.86. The Balaban J connectivity index is 1.01. The highest BCUT2D eigenvalue weighted by atomic mass is 19.1. The molecule has 0 atom stereocenters. The fraction of sp³-hybridized carbons (Fsp3) is 0.241. The van der Waals surface area contributed by atoms with Gasteiger partial charge in [-0.15, -0.1) is 0 Å². The first-order valence-corrected chi connectivity index (χ1v) is 12.7. The molecule has 2 aliphatic heterocycles. The molecule has 0 aliphatic carbocycles. The number of amides is 1. The van der Waals surface area contributed by atoms with Crippen LogP contribution in [0.15, 0.2) is 71.7 Å². The molecule has 0 saturated carbocycles. The lowest BCUT2D eigenvalue weighted by Gasteiger charge is -2.60. The number of nitrogens with one attached hydrogen (secondary N) is 2. The molecule has 5 heterocycles. The summed E-state index contributed by atoms with van der Waals surface area (Å²) < 4.78 is 14.7. The number of carbonyl (C=O) groups is 1. The SMILES string of the molecule is O=C(c1cc(Cc2n[nH]c(=O)c3ccccc23)ccc1F)N1CC2(CN(Cc3cc4cccnc4[nH]3)C2)C1. The fourth-order valence-corrected chi connectivity index (χ4v) is 5.98. The van der Waals surface area contributed by atoms with Crippen molar-refractivity contribution in [2.45, 2.75) is 13.0 Å². The summed E-state index contributed by atoms with van der Waals surface area (Å²) >= 11 is 0. The summed E-state index contributed by atoms with van der Waals surface area (Å²) in [7, 11) is 0. The van der Waals surface area contributed by atoms with Crippen LogP contribution in [0, 0.1) is 11.2 Å². The Bertz CT molecular complexity index is 1730. The second-order valence-corrected chi connectivity index (χ2v) is 10.6. The smallest absolute Gasteiger partial charge is 0.272 e. The summed E-state index contributed by atoms with van der Waals surface area (Å²) in [4.78, 5) is 37.1. The van der Waals surface area contributed by atoms with Crippen LogP contribution in [0.1, 0.15) is 27.3 Å². The zero-order valence-corrected chi connectivity index (χ0v) is 20.6. The number of H-pyrrole nitrogens is 2. The molecule has 8 nitrogen and oxygen atoms in total. The Morgan fingerprint density at radius 3 is 2.63 bits per heavy atom. The molecule has 1 spiro atoms. The number of hydrogen-bond acceptors (Lipinski definition) is 5. The summed E-state index contributed by atoms with van der Waals surface area (Å²) in [6.07, 6.45) is 2.16. The van der Waals surface area contributed by atoms with Crippen molar-refractivity contribution >= 4 is 27.7 Å². The maximum Gasteiger partial charge on any atom is 0.272 e. The van der Waals surface area contributed by atoms with Gasteiger partial charge in [-0.1, -0.05) is 24.3 Å². The lowest BCUT2D eigenvalue weighted by atomic mass is 9.72. The van der Waals surface area contributed by atoms with E-state index >= 15 is 0 Å². The van der Waals surface area contributed by atoms with E-state index in [1.165, 1.54) is 6.07 Å². The predicted octanol–water partition coefficient (Wildman–Crippen LogP) is 3.49. The van der Waals surface area contributed by atoms with Gasteiger partial charge in [-0.2, -0.15) is 5.10 Å². The zero-order chi connectivity index (χ0) is 25.9. The molecule has 2 aliphatic rings. The average Bonchev–Trinajstić information content (AvgIpc) is 3.30. The quantitative estimate of drug-likeness (QED) is 0.379. The molecule has 7 rings (SSSR count). The third-order valence-corrected chi connectivity index (χ3v) is 7.71. The fourth-order valence-electron chi connectivity index (χ4n) is 5.98. The molecule has 38 heavy (non-hydrogen) atoms. The number of likely N-dealkylation sites (tertiary alicyclic amines) is 2. The van der Waals surface area contributed by atoms with E-state index in [0.717, 1.165) is 47.3 Å². The molecular formula is C29H25FN6O2. The molecule has 0 bridgehead atoms. The minimum Gasteiger partial charge on any atom is -0.342 e. The normalized spacial score (nSPS) is 16.6. The largest absolute Gasteiger partial charge is 0.342 e. The first-order valence-electron chi connectivity index (χ1n) is 12.7. The van der Waals surface area contributed by atoms with Crippen LogP contribution in [0.4, 0.5) is 4.39 Å². The molecule has 9 heteroatoms. The summed E-state index contributed by atoms with van der Waals surface area (Å²) in [5.41, 5.74) is 3.38. The number of hydrogen-bond donors (Lipinski definition) is 2. The van der Waals surface area contributed by atoms with Crippen molar-refractivity contribution in [1.82, 2.24) is 30.0 Å². The lowest BCUT2D eigenvalue weighted by Crippen LogP contribution is -2.72. The van der Waals surface area contributed by atoms with Crippen molar-refractivity contribution in [3.8, 4) is 0 Å². The molecule has 3 aromatic heterocycles. The van der Waals surface area contributed by atoms with Gasteiger partial charge in [0.15, 0.2) is 0 Å². The van der Waals surface area contributed by atoms with Gasteiger partial charge in [0.25, 0.3) is 11.5 Å². The van der Waals surface area contributed by atoms with E-state index in [0.29, 0.717) is 30.6 Å². The first kappa shape index (κ1) is 22.8. The highest BCUT2D eigenvalue weighted by Crippen LogP contribution is 2.41. The van der Waals surface area contributed by atoms with Crippen molar-refractivity contribution in [3.05, 3.63) is 106 Å². The summed E-state index contributed by atoms with van der Waals surface area (Å²) in [6.45, 7) is 3.90. The summed E-state index contributed by atoms with van der Waals surface area (Å²) in [5.74, 6) is -0.809. The second-order valence-electron chi connectivity index (χ2n) is 10.6. The Morgan fingerprint density at radius 2 is 1.82 bits per heavy atom. The first-order chi connectivity index (χ1) is 18.5. The Labute approximate surface area is 217 Å². The van der Waals surface area contributed by atoms with Crippen LogP contribution in [0.25, 0.3) is 21.8 Å². The van der Waals surface area contributed by atoms with Crippen LogP contribution in [-0.4, -0.2) is 62.1 Å². The number of rotatable bonds is 5. The van der Waals surface area contributed by atoms with Crippen molar-refractivity contribution < 1.29 is 9.18 Å². The van der Waals surface area contributed by atoms with Crippen LogP contribution < -0.4 is 5.56 Å². The molecule has 1 amide bonds. The van der Waals surface area contributed by atoms with E-state index < -0.39 is 5.82 Å². The Kier molecular flexibility index (Phi) is 5.16. The molecule has 2 saturated heterocycles. The monoisotopic (exact) mass is 508 g/mol. The maximum absolute atomic E-state index is 14.7. The maximum atomic E-state index is 14.7. The van der Waals surface area contributed by atoms with E-state index in [1.54, 1.807) is 35.4 Å². The number of benzene rings is 2. The highest BCUT2D eigenvalue weighted by molar-refractivity contribution is 5.95. The van der Waals surface area contributed by atoms with Gasteiger partial charge in [-0.3, -0.25) is 14.5 Å². The predicted molar refractivity (Wildman–Crippen MR) is 141 cm³/mol. The highest BCUT2D eigenvalue weighted by Gasteiger charge is 2.53. The van der Waals surface area contributed by atoms with Crippen LogP contribution >= 0.6 is 0 Å². The molecule has 2 N–H and O–H groups in total. The van der Waals surface area contributed by atoms with Gasteiger partial charge in [0.05, 0.1) is 16.6 Å².